The molecule has 0 unspecified atom stereocenters. The third-order valence-electron chi connectivity index (χ3n) is 2.68. The number of hydrogen-bond donors (Lipinski definition) is 1. The minimum atomic E-state index is 0.370. The molecule has 3 heteroatoms. The van der Waals surface area contributed by atoms with Gasteiger partial charge in [-0.05, 0) is 52.2 Å². The second kappa shape index (κ2) is 6.18. The topological polar surface area (TPSA) is 12.0 Å². The molecule has 1 aromatic rings. The van der Waals surface area contributed by atoms with Crippen LogP contribution in [0.5, 0.6) is 0 Å². The number of halogens is 1. The minimum Gasteiger partial charge on any atom is -0.315 e. The van der Waals surface area contributed by atoms with Crippen LogP contribution in [0.1, 0.15) is 39.0 Å². The zero-order valence-corrected chi connectivity index (χ0v) is 13.0. The monoisotopic (exact) mass is 303 g/mol. The van der Waals surface area contributed by atoms with E-state index in [1.165, 1.54) is 15.8 Å². The lowest BCUT2D eigenvalue weighted by Crippen LogP contribution is -2.28. The van der Waals surface area contributed by atoms with Gasteiger partial charge in [0.05, 0.1) is 0 Å². The quantitative estimate of drug-likeness (QED) is 0.818. The Hall–Kier alpha value is 0.140. The molecule has 0 bridgehead atoms. The molecule has 0 saturated carbocycles. The fourth-order valence-corrected chi connectivity index (χ4v) is 3.42. The molecule has 1 heterocycles. The second-order valence-corrected chi connectivity index (χ2v) is 7.25. The first-order valence-electron chi connectivity index (χ1n) is 5.86. The van der Waals surface area contributed by atoms with E-state index in [0.717, 1.165) is 13.0 Å². The Kier molecular flexibility index (Phi) is 5.48. The molecule has 0 atom stereocenters. The standard InChI is InChI=1S/C13H22BrNS/c1-10(2)15-7-6-13(3,4)9-12-11(14)5-8-16-12/h5,8,10,15H,6-7,9H2,1-4H3. The maximum absolute atomic E-state index is 3.61. The van der Waals surface area contributed by atoms with E-state index in [2.05, 4.69) is 60.4 Å². The Morgan fingerprint density at radius 3 is 2.62 bits per heavy atom. The lowest BCUT2D eigenvalue weighted by molar-refractivity contribution is 0.322. The van der Waals surface area contributed by atoms with Crippen molar-refractivity contribution in [2.24, 2.45) is 5.41 Å². The fourth-order valence-electron chi connectivity index (χ4n) is 1.67. The molecule has 0 spiro atoms. The minimum absolute atomic E-state index is 0.370. The summed E-state index contributed by atoms with van der Waals surface area (Å²) in [5, 5.41) is 5.64. The van der Waals surface area contributed by atoms with Gasteiger partial charge < -0.3 is 5.32 Å². The van der Waals surface area contributed by atoms with Crippen molar-refractivity contribution in [1.29, 1.82) is 0 Å². The summed E-state index contributed by atoms with van der Waals surface area (Å²) < 4.78 is 1.27. The Morgan fingerprint density at radius 1 is 1.44 bits per heavy atom. The molecule has 0 aliphatic heterocycles. The van der Waals surface area contributed by atoms with Crippen LogP contribution in [0.3, 0.4) is 0 Å². The smallest absolute Gasteiger partial charge is 0.0314 e. The molecule has 92 valence electrons. The molecule has 0 aromatic carbocycles. The van der Waals surface area contributed by atoms with Gasteiger partial charge in [-0.25, -0.2) is 0 Å². The number of nitrogens with one attached hydrogen (secondary N) is 1. The molecule has 1 nitrogen and oxygen atoms in total. The van der Waals surface area contributed by atoms with E-state index >= 15 is 0 Å². The molecular formula is C13H22BrNS. The second-order valence-electron chi connectivity index (χ2n) is 5.39. The van der Waals surface area contributed by atoms with E-state index in [1.54, 1.807) is 0 Å². The predicted octanol–water partition coefficient (Wildman–Crippen LogP) is 4.47. The summed E-state index contributed by atoms with van der Waals surface area (Å²) in [4.78, 5) is 1.47. The molecule has 1 aromatic heterocycles. The van der Waals surface area contributed by atoms with Crippen molar-refractivity contribution in [3.63, 3.8) is 0 Å². The largest absolute Gasteiger partial charge is 0.315 e. The van der Waals surface area contributed by atoms with Crippen molar-refractivity contribution in [3.8, 4) is 0 Å². The summed E-state index contributed by atoms with van der Waals surface area (Å²) in [5.41, 5.74) is 0.370. The molecule has 16 heavy (non-hydrogen) atoms. The van der Waals surface area contributed by atoms with Gasteiger partial charge in [0.2, 0.25) is 0 Å². The summed E-state index contributed by atoms with van der Waals surface area (Å²) >= 11 is 5.45. The van der Waals surface area contributed by atoms with E-state index in [1.807, 2.05) is 11.3 Å². The normalized spacial score (nSPS) is 12.4. The van der Waals surface area contributed by atoms with Crippen molar-refractivity contribution < 1.29 is 0 Å². The van der Waals surface area contributed by atoms with Crippen molar-refractivity contribution in [3.05, 3.63) is 20.8 Å². The van der Waals surface area contributed by atoms with Crippen LogP contribution in [-0.2, 0) is 6.42 Å². The molecule has 1 rings (SSSR count). The zero-order chi connectivity index (χ0) is 12.2. The lowest BCUT2D eigenvalue weighted by atomic mass is 9.85. The van der Waals surface area contributed by atoms with Gasteiger partial charge in [-0.15, -0.1) is 11.3 Å². The highest BCUT2D eigenvalue weighted by Gasteiger charge is 2.20. The van der Waals surface area contributed by atoms with Gasteiger partial charge >= 0.3 is 0 Å². The highest BCUT2D eigenvalue weighted by atomic mass is 79.9. The maximum Gasteiger partial charge on any atom is 0.0314 e. The lowest BCUT2D eigenvalue weighted by Gasteiger charge is -2.25. The van der Waals surface area contributed by atoms with Crippen molar-refractivity contribution >= 4 is 27.3 Å². The van der Waals surface area contributed by atoms with E-state index in [0.29, 0.717) is 11.5 Å². The Balaban J connectivity index is 2.42. The maximum atomic E-state index is 3.61. The Labute approximate surface area is 112 Å². The SMILES string of the molecule is CC(C)NCCC(C)(C)Cc1sccc1Br. The summed E-state index contributed by atoms with van der Waals surface area (Å²) in [6.45, 7) is 10.2. The molecule has 0 amide bonds. The number of hydrogen-bond acceptors (Lipinski definition) is 2. The highest BCUT2D eigenvalue weighted by Crippen LogP contribution is 2.32. The predicted molar refractivity (Wildman–Crippen MR) is 77.3 cm³/mol. The van der Waals surface area contributed by atoms with Crippen LogP contribution >= 0.6 is 27.3 Å². The van der Waals surface area contributed by atoms with E-state index in [-0.39, 0.29) is 0 Å². The molecule has 0 saturated heterocycles. The molecule has 0 radical (unpaired) electrons. The van der Waals surface area contributed by atoms with Gasteiger partial charge in [-0.3, -0.25) is 0 Å². The van der Waals surface area contributed by atoms with Crippen LogP contribution in [0.2, 0.25) is 0 Å². The van der Waals surface area contributed by atoms with Gasteiger partial charge in [0, 0.05) is 15.4 Å². The molecule has 0 fully saturated rings. The van der Waals surface area contributed by atoms with Gasteiger partial charge in [-0.2, -0.15) is 0 Å². The van der Waals surface area contributed by atoms with Gasteiger partial charge in [0.25, 0.3) is 0 Å². The van der Waals surface area contributed by atoms with Crippen molar-refractivity contribution in [1.82, 2.24) is 5.32 Å². The van der Waals surface area contributed by atoms with Crippen LogP contribution in [0.4, 0.5) is 0 Å². The first-order chi connectivity index (χ1) is 7.41. The van der Waals surface area contributed by atoms with Gasteiger partial charge in [0.1, 0.15) is 0 Å². The van der Waals surface area contributed by atoms with Crippen molar-refractivity contribution in [2.75, 3.05) is 6.54 Å². The number of thiophene rings is 1. The van der Waals surface area contributed by atoms with E-state index < -0.39 is 0 Å². The third-order valence-corrected chi connectivity index (χ3v) is 4.61. The number of rotatable bonds is 6. The molecule has 0 aliphatic carbocycles. The Morgan fingerprint density at radius 2 is 2.12 bits per heavy atom. The van der Waals surface area contributed by atoms with Gasteiger partial charge in [-0.1, -0.05) is 27.7 Å². The molecular weight excluding hydrogens is 282 g/mol. The van der Waals surface area contributed by atoms with Crippen LogP contribution in [-0.4, -0.2) is 12.6 Å². The molecule has 0 aliphatic rings. The average molecular weight is 304 g/mol. The van der Waals surface area contributed by atoms with Gasteiger partial charge in [0.15, 0.2) is 0 Å². The van der Waals surface area contributed by atoms with Crippen LogP contribution in [0.15, 0.2) is 15.9 Å². The summed E-state index contributed by atoms with van der Waals surface area (Å²) in [6.07, 6.45) is 2.38. The Bertz CT molecular complexity index is 317. The summed E-state index contributed by atoms with van der Waals surface area (Å²) in [5.74, 6) is 0. The third kappa shape index (κ3) is 4.98. The van der Waals surface area contributed by atoms with E-state index in [4.69, 9.17) is 0 Å². The van der Waals surface area contributed by atoms with Crippen molar-refractivity contribution in [2.45, 2.75) is 46.6 Å². The first kappa shape index (κ1) is 14.2. The van der Waals surface area contributed by atoms with E-state index in [9.17, 15) is 0 Å². The summed E-state index contributed by atoms with van der Waals surface area (Å²) in [7, 11) is 0. The first-order valence-corrected chi connectivity index (χ1v) is 7.53. The zero-order valence-electron chi connectivity index (χ0n) is 10.6. The summed E-state index contributed by atoms with van der Waals surface area (Å²) in [6, 6.07) is 2.73. The highest BCUT2D eigenvalue weighted by molar-refractivity contribution is 9.10. The average Bonchev–Trinajstić information content (AvgIpc) is 2.50. The fraction of sp³-hybridized carbons (Fsp3) is 0.692. The van der Waals surface area contributed by atoms with Crippen LogP contribution in [0, 0.1) is 5.41 Å². The van der Waals surface area contributed by atoms with Crippen LogP contribution < -0.4 is 5.32 Å². The molecule has 1 N–H and O–H groups in total. The van der Waals surface area contributed by atoms with Crippen LogP contribution in [0.25, 0.3) is 0 Å².